The first-order valence-electron chi connectivity index (χ1n) is 11.0. The zero-order valence-corrected chi connectivity index (χ0v) is 20.1. The van der Waals surface area contributed by atoms with Gasteiger partial charge in [-0.2, -0.15) is 5.26 Å². The molecule has 0 aliphatic carbocycles. The van der Waals surface area contributed by atoms with Gasteiger partial charge in [-0.05, 0) is 42.0 Å². The Morgan fingerprint density at radius 3 is 2.72 bits per heavy atom. The van der Waals surface area contributed by atoms with E-state index in [1.54, 1.807) is 36.4 Å². The Bertz CT molecular complexity index is 1490. The van der Waals surface area contributed by atoms with E-state index in [2.05, 4.69) is 11.1 Å². The maximum Gasteiger partial charge on any atom is 0.231 e. The molecule has 5 rings (SSSR count). The molecule has 36 heavy (non-hydrogen) atoms. The number of ketones is 1. The number of thiazole rings is 1. The minimum absolute atomic E-state index is 0.110. The van der Waals surface area contributed by atoms with Gasteiger partial charge in [0.1, 0.15) is 11.1 Å². The number of ether oxygens (including phenoxy) is 4. The Balaban J connectivity index is 1.33. The highest BCUT2D eigenvalue weighted by atomic mass is 32.1. The molecule has 178 valence electrons. The second-order valence-electron chi connectivity index (χ2n) is 7.76. The van der Waals surface area contributed by atoms with E-state index in [-0.39, 0.29) is 19.2 Å². The van der Waals surface area contributed by atoms with Gasteiger partial charge < -0.3 is 18.9 Å². The van der Waals surface area contributed by atoms with Gasteiger partial charge >= 0.3 is 0 Å². The molecule has 0 bridgehead atoms. The van der Waals surface area contributed by atoms with Crippen LogP contribution in [0.5, 0.6) is 23.0 Å². The van der Waals surface area contributed by atoms with E-state index in [4.69, 9.17) is 18.9 Å². The van der Waals surface area contributed by atoms with Crippen LogP contribution in [-0.2, 0) is 0 Å². The van der Waals surface area contributed by atoms with Crippen molar-refractivity contribution in [2.24, 2.45) is 0 Å². The summed E-state index contributed by atoms with van der Waals surface area (Å²) < 4.78 is 22.0. The molecule has 0 radical (unpaired) electrons. The summed E-state index contributed by atoms with van der Waals surface area (Å²) in [7, 11) is 1.53. The Morgan fingerprint density at radius 1 is 1.08 bits per heavy atom. The number of methoxy groups -OCH3 is 1. The molecule has 7 nitrogen and oxygen atoms in total. The number of rotatable bonds is 8. The van der Waals surface area contributed by atoms with Gasteiger partial charge in [0.05, 0.1) is 18.4 Å². The van der Waals surface area contributed by atoms with Gasteiger partial charge in [-0.25, -0.2) is 4.98 Å². The third-order valence-electron chi connectivity index (χ3n) is 5.48. The average Bonchev–Trinajstić information content (AvgIpc) is 3.60. The molecular weight excluding hydrogens is 476 g/mol. The third-order valence-corrected chi connectivity index (χ3v) is 6.35. The van der Waals surface area contributed by atoms with Crippen molar-refractivity contribution in [3.05, 3.63) is 88.2 Å². The zero-order valence-electron chi connectivity index (χ0n) is 19.3. The lowest BCUT2D eigenvalue weighted by molar-refractivity contribution is 0.0919. The molecule has 8 heteroatoms. The van der Waals surface area contributed by atoms with Crippen molar-refractivity contribution in [3.63, 3.8) is 0 Å². The van der Waals surface area contributed by atoms with Gasteiger partial charge in [-0.3, -0.25) is 4.79 Å². The van der Waals surface area contributed by atoms with Gasteiger partial charge in [0, 0.05) is 16.5 Å². The SMILES string of the molecule is COc1cc(C=C(C#N)c2nc(-c3ccc4c(c3)OCO4)cs2)ccc1OCC(=O)c1ccccc1. The van der Waals surface area contributed by atoms with Crippen molar-refractivity contribution in [2.75, 3.05) is 20.5 Å². The summed E-state index contributed by atoms with van der Waals surface area (Å²) in [6.45, 7) is 0.0970. The number of allylic oxidation sites excluding steroid dienone is 1. The van der Waals surface area contributed by atoms with E-state index in [1.807, 2.05) is 41.8 Å². The average molecular weight is 497 g/mol. The topological polar surface area (TPSA) is 90.7 Å². The number of Topliss-reactive ketones (excluding diaryl/α,β-unsaturated/α-hetero) is 1. The Hall–Kier alpha value is -4.61. The molecule has 0 spiro atoms. The molecule has 4 aromatic rings. The number of benzene rings is 3. The number of aromatic nitrogens is 1. The fourth-order valence-corrected chi connectivity index (χ4v) is 4.43. The summed E-state index contributed by atoms with van der Waals surface area (Å²) in [6.07, 6.45) is 1.74. The maximum absolute atomic E-state index is 12.4. The Labute approximate surface area is 211 Å². The Kier molecular flexibility index (Phi) is 6.65. The van der Waals surface area contributed by atoms with Crippen molar-refractivity contribution in [1.29, 1.82) is 5.26 Å². The molecule has 1 aliphatic heterocycles. The molecule has 0 atom stereocenters. The minimum atomic E-state index is -0.129. The van der Waals surface area contributed by atoms with Crippen molar-refractivity contribution < 1.29 is 23.7 Å². The highest BCUT2D eigenvalue weighted by molar-refractivity contribution is 7.11. The van der Waals surface area contributed by atoms with Crippen LogP contribution in [0, 0.1) is 11.3 Å². The lowest BCUT2D eigenvalue weighted by Crippen LogP contribution is -2.11. The number of nitriles is 1. The summed E-state index contributed by atoms with van der Waals surface area (Å²) in [5, 5.41) is 12.3. The quantitative estimate of drug-likeness (QED) is 0.222. The first-order chi connectivity index (χ1) is 17.6. The van der Waals surface area contributed by atoms with E-state index in [9.17, 15) is 10.1 Å². The van der Waals surface area contributed by atoms with Crippen LogP contribution in [0.1, 0.15) is 20.9 Å². The van der Waals surface area contributed by atoms with Crippen LogP contribution in [0.2, 0.25) is 0 Å². The van der Waals surface area contributed by atoms with Gasteiger partial charge in [-0.1, -0.05) is 36.4 Å². The highest BCUT2D eigenvalue weighted by Crippen LogP contribution is 2.37. The van der Waals surface area contributed by atoms with Crippen LogP contribution in [0.3, 0.4) is 0 Å². The first kappa shape index (κ1) is 23.1. The van der Waals surface area contributed by atoms with Crippen molar-refractivity contribution in [3.8, 4) is 40.3 Å². The lowest BCUT2D eigenvalue weighted by Gasteiger charge is -2.11. The van der Waals surface area contributed by atoms with E-state index in [0.29, 0.717) is 39.1 Å². The molecule has 2 heterocycles. The molecule has 1 aliphatic rings. The van der Waals surface area contributed by atoms with E-state index >= 15 is 0 Å². The number of hydrogen-bond acceptors (Lipinski definition) is 8. The molecule has 1 aromatic heterocycles. The zero-order chi connectivity index (χ0) is 24.9. The molecule has 0 amide bonds. The van der Waals surface area contributed by atoms with Crippen LogP contribution < -0.4 is 18.9 Å². The third kappa shape index (κ3) is 4.92. The predicted octanol–water partition coefficient (Wildman–Crippen LogP) is 5.87. The van der Waals surface area contributed by atoms with Gasteiger partial charge in [0.2, 0.25) is 6.79 Å². The molecule has 3 aromatic carbocycles. The van der Waals surface area contributed by atoms with E-state index in [1.165, 1.54) is 18.4 Å². The van der Waals surface area contributed by atoms with Crippen molar-refractivity contribution in [2.45, 2.75) is 0 Å². The van der Waals surface area contributed by atoms with Crippen LogP contribution in [0.25, 0.3) is 22.9 Å². The standard InChI is InChI=1S/C28H20N2O5S/c1-32-26-12-18(7-9-24(26)33-15-23(31)19-5-3-2-4-6-19)11-21(14-29)28-30-22(16-36-28)20-8-10-25-27(13-20)35-17-34-25/h2-13,16H,15,17H2,1H3. The number of carbonyl (C=O) groups excluding carboxylic acids is 1. The summed E-state index contributed by atoms with van der Waals surface area (Å²) in [6, 6.07) is 22.1. The molecular formula is C28H20N2O5S. The molecule has 0 unspecified atom stereocenters. The monoisotopic (exact) mass is 496 g/mol. The number of hydrogen-bond donors (Lipinski definition) is 0. The van der Waals surface area contributed by atoms with Crippen LogP contribution in [0.15, 0.2) is 72.1 Å². The highest BCUT2D eigenvalue weighted by Gasteiger charge is 2.16. The smallest absolute Gasteiger partial charge is 0.231 e. The molecule has 0 fully saturated rings. The number of fused-ring (bicyclic) bond motifs is 1. The van der Waals surface area contributed by atoms with Crippen LogP contribution in [0.4, 0.5) is 0 Å². The number of nitrogens with zero attached hydrogens (tertiary/aromatic N) is 2. The first-order valence-corrected chi connectivity index (χ1v) is 11.9. The largest absolute Gasteiger partial charge is 0.493 e. The van der Waals surface area contributed by atoms with Crippen molar-refractivity contribution in [1.82, 2.24) is 4.98 Å². The normalized spacial score (nSPS) is 12.2. The van der Waals surface area contributed by atoms with Crippen LogP contribution in [-0.4, -0.2) is 31.3 Å². The Morgan fingerprint density at radius 2 is 1.92 bits per heavy atom. The fourth-order valence-electron chi connectivity index (χ4n) is 3.64. The molecule has 0 N–H and O–H groups in total. The van der Waals surface area contributed by atoms with Gasteiger partial charge in [0.15, 0.2) is 35.4 Å². The second kappa shape index (κ2) is 10.3. The van der Waals surface area contributed by atoms with Crippen LogP contribution >= 0.6 is 11.3 Å². The van der Waals surface area contributed by atoms with Gasteiger partial charge in [-0.15, -0.1) is 11.3 Å². The summed E-state index contributed by atoms with van der Waals surface area (Å²) in [5.74, 6) is 2.16. The second-order valence-corrected chi connectivity index (χ2v) is 8.62. The minimum Gasteiger partial charge on any atom is -0.493 e. The molecule has 0 saturated carbocycles. The summed E-state index contributed by atoms with van der Waals surface area (Å²) in [4.78, 5) is 17.0. The lowest BCUT2D eigenvalue weighted by atomic mass is 10.1. The summed E-state index contributed by atoms with van der Waals surface area (Å²) >= 11 is 1.38. The number of carbonyl (C=O) groups is 1. The fraction of sp³-hybridized carbons (Fsp3) is 0.107. The van der Waals surface area contributed by atoms with E-state index in [0.717, 1.165) is 16.8 Å². The summed E-state index contributed by atoms with van der Waals surface area (Å²) in [5.41, 5.74) is 3.37. The molecule has 0 saturated heterocycles. The van der Waals surface area contributed by atoms with Gasteiger partial charge in [0.25, 0.3) is 0 Å². The predicted molar refractivity (Wildman–Crippen MR) is 136 cm³/mol. The maximum atomic E-state index is 12.4. The van der Waals surface area contributed by atoms with E-state index < -0.39 is 0 Å². The van der Waals surface area contributed by atoms with Crippen molar-refractivity contribution >= 4 is 28.8 Å².